The number of hydrogen-bond donors (Lipinski definition) is 2. The van der Waals surface area contributed by atoms with E-state index in [1.807, 2.05) is 0 Å². The van der Waals surface area contributed by atoms with Crippen LogP contribution in [0.5, 0.6) is 0 Å². The van der Waals surface area contributed by atoms with Gasteiger partial charge in [-0.05, 0) is 36.4 Å². The quantitative estimate of drug-likeness (QED) is 0.525. The van der Waals surface area contributed by atoms with Gasteiger partial charge in [0.25, 0.3) is 0 Å². The molecule has 0 bridgehead atoms. The molecule has 3 aromatic rings. The SMILES string of the molecule is Nc1ccc(Nc2c(Cl)ccc3c2C(=O)c2ccccc2C3=O)cc1. The number of carbonyl (C=O) groups excluding carboxylic acids is 2. The van der Waals surface area contributed by atoms with Crippen LogP contribution in [-0.4, -0.2) is 11.6 Å². The van der Waals surface area contributed by atoms with Crippen LogP contribution in [0.15, 0.2) is 60.7 Å². The van der Waals surface area contributed by atoms with Crippen molar-refractivity contribution in [2.75, 3.05) is 11.1 Å². The van der Waals surface area contributed by atoms with E-state index in [0.29, 0.717) is 38.7 Å². The maximum absolute atomic E-state index is 13.0. The minimum atomic E-state index is -0.217. The average molecular weight is 349 g/mol. The number of ketones is 2. The van der Waals surface area contributed by atoms with Gasteiger partial charge >= 0.3 is 0 Å². The molecule has 0 saturated heterocycles. The maximum atomic E-state index is 13.0. The molecule has 0 saturated carbocycles. The van der Waals surface area contributed by atoms with Gasteiger partial charge in [-0.15, -0.1) is 0 Å². The van der Waals surface area contributed by atoms with Crippen LogP contribution in [0.4, 0.5) is 17.1 Å². The lowest BCUT2D eigenvalue weighted by atomic mass is 9.83. The molecule has 25 heavy (non-hydrogen) atoms. The molecule has 0 spiro atoms. The van der Waals surface area contributed by atoms with Crippen LogP contribution in [0.3, 0.4) is 0 Å². The summed E-state index contributed by atoms with van der Waals surface area (Å²) in [6.45, 7) is 0. The molecule has 3 aromatic carbocycles. The van der Waals surface area contributed by atoms with Gasteiger partial charge in [0.1, 0.15) is 0 Å². The molecule has 0 unspecified atom stereocenters. The number of fused-ring (bicyclic) bond motifs is 2. The summed E-state index contributed by atoms with van der Waals surface area (Å²) in [6.07, 6.45) is 0. The first-order valence-corrected chi connectivity index (χ1v) is 8.07. The number of nitrogen functional groups attached to an aromatic ring is 1. The van der Waals surface area contributed by atoms with Crippen LogP contribution in [0.25, 0.3) is 0 Å². The summed E-state index contributed by atoms with van der Waals surface area (Å²) >= 11 is 6.33. The highest BCUT2D eigenvalue weighted by molar-refractivity contribution is 6.37. The van der Waals surface area contributed by atoms with Crippen LogP contribution in [0, 0.1) is 0 Å². The maximum Gasteiger partial charge on any atom is 0.196 e. The molecule has 0 fully saturated rings. The molecular formula is C20H13ClN2O2. The predicted octanol–water partition coefficient (Wildman–Crippen LogP) is 4.44. The van der Waals surface area contributed by atoms with Crippen molar-refractivity contribution in [1.29, 1.82) is 0 Å². The Morgan fingerprint density at radius 3 is 2.08 bits per heavy atom. The zero-order valence-electron chi connectivity index (χ0n) is 13.0. The van der Waals surface area contributed by atoms with Crippen molar-refractivity contribution in [1.82, 2.24) is 0 Å². The lowest BCUT2D eigenvalue weighted by Gasteiger charge is -2.21. The van der Waals surface area contributed by atoms with Crippen molar-refractivity contribution in [2.24, 2.45) is 0 Å². The van der Waals surface area contributed by atoms with Crippen molar-refractivity contribution in [3.8, 4) is 0 Å². The average Bonchev–Trinajstić information content (AvgIpc) is 2.63. The molecule has 0 aliphatic heterocycles. The lowest BCUT2D eigenvalue weighted by Crippen LogP contribution is -2.22. The third-order valence-electron chi connectivity index (χ3n) is 4.22. The summed E-state index contributed by atoms with van der Waals surface area (Å²) in [4.78, 5) is 25.8. The molecule has 4 rings (SSSR count). The fourth-order valence-corrected chi connectivity index (χ4v) is 3.20. The first-order valence-electron chi connectivity index (χ1n) is 7.70. The zero-order valence-corrected chi connectivity index (χ0v) is 13.8. The largest absolute Gasteiger partial charge is 0.399 e. The number of nitrogens with two attached hydrogens (primary N) is 1. The monoisotopic (exact) mass is 348 g/mol. The zero-order chi connectivity index (χ0) is 17.6. The van der Waals surface area contributed by atoms with Crippen molar-refractivity contribution >= 4 is 40.2 Å². The Labute approximate surface area is 149 Å². The van der Waals surface area contributed by atoms with Crippen molar-refractivity contribution in [3.05, 3.63) is 87.9 Å². The normalized spacial score (nSPS) is 12.5. The first-order chi connectivity index (χ1) is 12.1. The molecule has 5 heteroatoms. The summed E-state index contributed by atoms with van der Waals surface area (Å²) in [6, 6.07) is 17.1. The first kappa shape index (κ1) is 15.4. The molecule has 0 amide bonds. The third kappa shape index (κ3) is 2.47. The van der Waals surface area contributed by atoms with E-state index in [1.165, 1.54) is 0 Å². The number of halogens is 1. The smallest absolute Gasteiger partial charge is 0.196 e. The van der Waals surface area contributed by atoms with Gasteiger partial charge < -0.3 is 11.1 Å². The minimum Gasteiger partial charge on any atom is -0.399 e. The van der Waals surface area contributed by atoms with Crippen LogP contribution in [0.1, 0.15) is 31.8 Å². The number of anilines is 3. The van der Waals surface area contributed by atoms with Crippen LogP contribution in [0.2, 0.25) is 5.02 Å². The topological polar surface area (TPSA) is 72.2 Å². The van der Waals surface area contributed by atoms with Gasteiger partial charge in [-0.25, -0.2) is 0 Å². The second kappa shape index (κ2) is 5.76. The Balaban J connectivity index is 1.89. The van der Waals surface area contributed by atoms with Gasteiger partial charge in [-0.3, -0.25) is 9.59 Å². The molecular weight excluding hydrogens is 336 g/mol. The second-order valence-electron chi connectivity index (χ2n) is 5.80. The number of benzene rings is 3. The Hall–Kier alpha value is -3.11. The second-order valence-corrected chi connectivity index (χ2v) is 6.20. The number of carbonyl (C=O) groups is 2. The van der Waals surface area contributed by atoms with Crippen molar-refractivity contribution in [2.45, 2.75) is 0 Å². The van der Waals surface area contributed by atoms with Crippen LogP contribution < -0.4 is 11.1 Å². The molecule has 3 N–H and O–H groups in total. The fourth-order valence-electron chi connectivity index (χ4n) is 2.99. The molecule has 122 valence electrons. The molecule has 0 aromatic heterocycles. The Kier molecular flexibility index (Phi) is 3.55. The fraction of sp³-hybridized carbons (Fsp3) is 0. The Morgan fingerprint density at radius 2 is 1.40 bits per heavy atom. The molecule has 0 atom stereocenters. The number of hydrogen-bond acceptors (Lipinski definition) is 4. The van der Waals surface area contributed by atoms with E-state index in [2.05, 4.69) is 5.32 Å². The van der Waals surface area contributed by atoms with E-state index < -0.39 is 0 Å². The summed E-state index contributed by atoms with van der Waals surface area (Å²) < 4.78 is 0. The van der Waals surface area contributed by atoms with Crippen molar-refractivity contribution < 1.29 is 9.59 Å². The molecule has 0 heterocycles. The van der Waals surface area contributed by atoms with Crippen molar-refractivity contribution in [3.63, 3.8) is 0 Å². The molecule has 4 nitrogen and oxygen atoms in total. The van der Waals surface area contributed by atoms with E-state index in [1.54, 1.807) is 60.7 Å². The van der Waals surface area contributed by atoms with E-state index in [0.717, 1.165) is 5.69 Å². The number of nitrogens with one attached hydrogen (secondary N) is 1. The highest BCUT2D eigenvalue weighted by Crippen LogP contribution is 2.37. The lowest BCUT2D eigenvalue weighted by molar-refractivity contribution is 0.0979. The predicted molar refractivity (Wildman–Crippen MR) is 98.9 cm³/mol. The third-order valence-corrected chi connectivity index (χ3v) is 4.54. The summed E-state index contributed by atoms with van der Waals surface area (Å²) in [7, 11) is 0. The Bertz CT molecular complexity index is 1030. The molecule has 0 radical (unpaired) electrons. The highest BCUT2D eigenvalue weighted by Gasteiger charge is 2.32. The van der Waals surface area contributed by atoms with Gasteiger partial charge in [-0.2, -0.15) is 0 Å². The highest BCUT2D eigenvalue weighted by atomic mass is 35.5. The van der Waals surface area contributed by atoms with E-state index in [-0.39, 0.29) is 11.6 Å². The minimum absolute atomic E-state index is 0.178. The van der Waals surface area contributed by atoms with Crippen LogP contribution in [-0.2, 0) is 0 Å². The summed E-state index contributed by atoms with van der Waals surface area (Å²) in [5.74, 6) is -0.395. The molecule has 1 aliphatic carbocycles. The van der Waals surface area contributed by atoms with Gasteiger partial charge in [0.05, 0.1) is 16.3 Å². The van der Waals surface area contributed by atoms with E-state index in [4.69, 9.17) is 17.3 Å². The summed E-state index contributed by atoms with van der Waals surface area (Å²) in [5.41, 5.74) is 8.95. The van der Waals surface area contributed by atoms with Gasteiger partial charge in [0.2, 0.25) is 0 Å². The standard InChI is InChI=1S/C20H13ClN2O2/c21-16-10-9-15-17(18(16)23-12-7-5-11(22)6-8-12)20(25)14-4-2-1-3-13(14)19(15)24/h1-10,23H,22H2. The number of rotatable bonds is 2. The van der Waals surface area contributed by atoms with Gasteiger partial charge in [0.15, 0.2) is 11.6 Å². The van der Waals surface area contributed by atoms with E-state index in [9.17, 15) is 9.59 Å². The van der Waals surface area contributed by atoms with Crippen LogP contribution >= 0.6 is 11.6 Å². The van der Waals surface area contributed by atoms with E-state index >= 15 is 0 Å². The summed E-state index contributed by atoms with van der Waals surface area (Å²) in [5, 5.41) is 3.52. The van der Waals surface area contributed by atoms with Gasteiger partial charge in [-0.1, -0.05) is 35.9 Å². The molecule has 1 aliphatic rings. The van der Waals surface area contributed by atoms with Gasteiger partial charge in [0, 0.05) is 28.1 Å². The Morgan fingerprint density at radius 1 is 0.760 bits per heavy atom.